The van der Waals surface area contributed by atoms with Crippen molar-refractivity contribution in [3.63, 3.8) is 0 Å². The van der Waals surface area contributed by atoms with Crippen LogP contribution in [0, 0.1) is 6.92 Å². The van der Waals surface area contributed by atoms with E-state index in [9.17, 15) is 0 Å². The molecule has 3 heteroatoms. The molecule has 34 heavy (non-hydrogen) atoms. The number of aromatic nitrogens is 2. The molecule has 0 spiro atoms. The molecule has 1 aliphatic heterocycles. The second-order valence-corrected chi connectivity index (χ2v) is 14.4. The Hall–Kier alpha value is -3.69. The summed E-state index contributed by atoms with van der Waals surface area (Å²) in [7, 11) is -2.57. The van der Waals surface area contributed by atoms with Gasteiger partial charge in [0.25, 0.3) is 0 Å². The average Bonchev–Trinajstić information content (AvgIpc) is 3.23. The first kappa shape index (κ1) is 19.7. The van der Waals surface area contributed by atoms with E-state index >= 15 is 0 Å². The molecule has 1 aliphatic rings. The number of rotatable bonds is 2. The maximum atomic E-state index is 5.31. The van der Waals surface area contributed by atoms with Crippen molar-refractivity contribution >= 4 is 51.1 Å². The van der Waals surface area contributed by atoms with Crippen LogP contribution < -0.4 is 15.7 Å². The standard InChI is InChI=1S/C31H26N2Si/c1-21-30-33-28-25(24-17-10-11-18-26(24)29(33)32-21)19-12-20-27(28)31(2,3)34(30,22-13-6-4-7-14-22)23-15-8-5-9-16-23/h4-20H,1-3H3. The lowest BCUT2D eigenvalue weighted by Gasteiger charge is -2.49. The molecular formula is C31H26N2Si. The summed E-state index contributed by atoms with van der Waals surface area (Å²) in [4.78, 5) is 5.31. The fourth-order valence-corrected chi connectivity index (χ4v) is 12.9. The second kappa shape index (κ2) is 6.68. The van der Waals surface area contributed by atoms with Gasteiger partial charge in [-0.25, -0.2) is 4.98 Å². The molecule has 0 radical (unpaired) electrons. The number of fused-ring (bicyclic) bond motifs is 3. The van der Waals surface area contributed by atoms with Crippen molar-refractivity contribution in [3.05, 3.63) is 114 Å². The first-order chi connectivity index (χ1) is 16.6. The van der Waals surface area contributed by atoms with Gasteiger partial charge in [0.1, 0.15) is 5.65 Å². The third-order valence-electron chi connectivity index (χ3n) is 8.15. The van der Waals surface area contributed by atoms with Crippen LogP contribution in [0.5, 0.6) is 0 Å². The van der Waals surface area contributed by atoms with Gasteiger partial charge in [-0.05, 0) is 28.2 Å². The molecule has 0 fully saturated rings. The Kier molecular flexibility index (Phi) is 3.88. The first-order valence-corrected chi connectivity index (χ1v) is 14.0. The molecule has 2 nitrogen and oxygen atoms in total. The minimum Gasteiger partial charge on any atom is -0.299 e. The van der Waals surface area contributed by atoms with Gasteiger partial charge >= 0.3 is 0 Å². The number of nitrogens with zero attached hydrogens (tertiary/aromatic N) is 2. The van der Waals surface area contributed by atoms with Gasteiger partial charge in [0.05, 0.1) is 11.2 Å². The number of para-hydroxylation sites is 1. The van der Waals surface area contributed by atoms with Crippen molar-refractivity contribution in [1.29, 1.82) is 0 Å². The molecule has 0 unspecified atom stereocenters. The fourth-order valence-electron chi connectivity index (χ4n) is 6.82. The van der Waals surface area contributed by atoms with E-state index in [1.54, 1.807) is 0 Å². The van der Waals surface area contributed by atoms with Gasteiger partial charge in [0, 0.05) is 21.1 Å². The van der Waals surface area contributed by atoms with Crippen LogP contribution in [0.1, 0.15) is 25.1 Å². The molecule has 4 aromatic carbocycles. The Morgan fingerprint density at radius 3 is 1.85 bits per heavy atom. The normalized spacial score (nSPS) is 16.0. The minimum atomic E-state index is -2.57. The Bertz CT molecular complexity index is 1690. The van der Waals surface area contributed by atoms with Gasteiger partial charge in [-0.3, -0.25) is 4.40 Å². The molecule has 0 saturated carbocycles. The van der Waals surface area contributed by atoms with Crippen LogP contribution in [0.4, 0.5) is 0 Å². The predicted octanol–water partition coefficient (Wildman–Crippen LogP) is 5.25. The van der Waals surface area contributed by atoms with E-state index in [1.165, 1.54) is 42.9 Å². The summed E-state index contributed by atoms with van der Waals surface area (Å²) in [5.41, 5.74) is 4.98. The lowest BCUT2D eigenvalue weighted by Crippen LogP contribution is -2.79. The molecule has 2 aromatic heterocycles. The quantitative estimate of drug-likeness (QED) is 0.258. The highest BCUT2D eigenvalue weighted by atomic mass is 28.3. The van der Waals surface area contributed by atoms with Crippen LogP contribution in [-0.2, 0) is 5.04 Å². The molecular weight excluding hydrogens is 428 g/mol. The Balaban J connectivity index is 1.83. The van der Waals surface area contributed by atoms with E-state index in [-0.39, 0.29) is 5.04 Å². The Labute approximate surface area is 200 Å². The number of hydrogen-bond acceptors (Lipinski definition) is 1. The topological polar surface area (TPSA) is 17.3 Å². The molecule has 3 heterocycles. The SMILES string of the molecule is Cc1nc2c3ccccc3c3cccc4c3n2c1[Si](c1ccccc1)(c1ccccc1)C4(C)C. The van der Waals surface area contributed by atoms with Gasteiger partial charge in [-0.1, -0.05) is 117 Å². The zero-order chi connectivity index (χ0) is 23.1. The van der Waals surface area contributed by atoms with Crippen LogP contribution in [-0.4, -0.2) is 17.5 Å². The molecule has 164 valence electrons. The van der Waals surface area contributed by atoms with E-state index in [0.717, 1.165) is 11.3 Å². The number of aryl methyl sites for hydroxylation is 1. The smallest absolute Gasteiger partial charge is 0.181 e. The fraction of sp³-hybridized carbons (Fsp3) is 0.129. The highest BCUT2D eigenvalue weighted by Gasteiger charge is 2.58. The van der Waals surface area contributed by atoms with Crippen molar-refractivity contribution < 1.29 is 0 Å². The Morgan fingerprint density at radius 1 is 0.647 bits per heavy atom. The molecule has 6 aromatic rings. The van der Waals surface area contributed by atoms with Crippen LogP contribution in [0.3, 0.4) is 0 Å². The lowest BCUT2D eigenvalue weighted by molar-refractivity contribution is 0.731. The van der Waals surface area contributed by atoms with Crippen LogP contribution >= 0.6 is 0 Å². The van der Waals surface area contributed by atoms with Gasteiger partial charge in [-0.2, -0.15) is 0 Å². The van der Waals surface area contributed by atoms with Gasteiger partial charge in [0.2, 0.25) is 0 Å². The zero-order valence-corrected chi connectivity index (χ0v) is 20.7. The summed E-state index contributed by atoms with van der Waals surface area (Å²) >= 11 is 0. The van der Waals surface area contributed by atoms with E-state index < -0.39 is 8.07 Å². The van der Waals surface area contributed by atoms with Crippen LogP contribution in [0.15, 0.2) is 103 Å². The third-order valence-corrected chi connectivity index (χ3v) is 14.0. The van der Waals surface area contributed by atoms with Crippen molar-refractivity contribution in [2.75, 3.05) is 0 Å². The van der Waals surface area contributed by atoms with E-state index in [1.807, 2.05) is 0 Å². The molecule has 7 rings (SSSR count). The molecule has 0 bridgehead atoms. The largest absolute Gasteiger partial charge is 0.299 e. The number of hydrogen-bond donors (Lipinski definition) is 0. The maximum Gasteiger partial charge on any atom is 0.181 e. The minimum absolute atomic E-state index is 0.0919. The van der Waals surface area contributed by atoms with Gasteiger partial charge < -0.3 is 0 Å². The highest BCUT2D eigenvalue weighted by Crippen LogP contribution is 2.43. The summed E-state index contributed by atoms with van der Waals surface area (Å²) in [6, 6.07) is 38.1. The van der Waals surface area contributed by atoms with Crippen molar-refractivity contribution in [3.8, 4) is 0 Å². The van der Waals surface area contributed by atoms with Gasteiger partial charge in [0.15, 0.2) is 8.07 Å². The van der Waals surface area contributed by atoms with E-state index in [0.29, 0.717) is 0 Å². The molecule has 0 amide bonds. The zero-order valence-electron chi connectivity index (χ0n) is 19.7. The van der Waals surface area contributed by atoms with Crippen LogP contribution in [0.2, 0.25) is 0 Å². The monoisotopic (exact) mass is 454 g/mol. The molecule has 0 aliphatic carbocycles. The summed E-state index contributed by atoms with van der Waals surface area (Å²) in [5.74, 6) is 0. The van der Waals surface area contributed by atoms with Gasteiger partial charge in [-0.15, -0.1) is 0 Å². The molecule has 0 atom stereocenters. The highest BCUT2D eigenvalue weighted by molar-refractivity contribution is 7.13. The summed E-state index contributed by atoms with van der Waals surface area (Å²) < 4.78 is 2.54. The van der Waals surface area contributed by atoms with Crippen LogP contribution in [0.25, 0.3) is 27.3 Å². The first-order valence-electron chi connectivity index (χ1n) is 12.0. The average molecular weight is 455 g/mol. The third kappa shape index (κ3) is 2.18. The van der Waals surface area contributed by atoms with Crippen molar-refractivity contribution in [1.82, 2.24) is 9.38 Å². The van der Waals surface area contributed by atoms with Crippen molar-refractivity contribution in [2.24, 2.45) is 0 Å². The summed E-state index contributed by atoms with van der Waals surface area (Å²) in [6.45, 7) is 7.18. The number of pyridine rings is 1. The summed E-state index contributed by atoms with van der Waals surface area (Å²) in [5, 5.41) is 8.03. The molecule has 0 N–H and O–H groups in total. The number of imidazole rings is 1. The predicted molar refractivity (Wildman–Crippen MR) is 146 cm³/mol. The van der Waals surface area contributed by atoms with E-state index in [4.69, 9.17) is 4.98 Å². The van der Waals surface area contributed by atoms with Crippen molar-refractivity contribution in [2.45, 2.75) is 25.8 Å². The maximum absolute atomic E-state index is 5.31. The summed E-state index contributed by atoms with van der Waals surface area (Å²) in [6.07, 6.45) is 0. The van der Waals surface area contributed by atoms with E-state index in [2.05, 4.69) is 128 Å². The number of benzene rings is 4. The second-order valence-electron chi connectivity index (χ2n) is 10.1. The lowest BCUT2D eigenvalue weighted by atomic mass is 9.95. The molecule has 0 saturated heterocycles. The Morgan fingerprint density at radius 2 is 1.21 bits per heavy atom.